The summed E-state index contributed by atoms with van der Waals surface area (Å²) >= 11 is 1.42. The Hall–Kier alpha value is -1.88. The molecule has 1 amide bonds. The molecule has 4 nitrogen and oxygen atoms in total. The molecule has 0 fully saturated rings. The van der Waals surface area contributed by atoms with E-state index in [2.05, 4.69) is 4.98 Å². The van der Waals surface area contributed by atoms with Crippen molar-refractivity contribution < 1.29 is 9.53 Å². The number of ether oxygens (including phenoxy) is 1. The molecule has 0 atom stereocenters. The van der Waals surface area contributed by atoms with Crippen molar-refractivity contribution in [1.82, 2.24) is 4.98 Å². The molecule has 2 rings (SSSR count). The van der Waals surface area contributed by atoms with Gasteiger partial charge in [0, 0.05) is 18.6 Å². The number of methoxy groups -OCH3 is 1. The summed E-state index contributed by atoms with van der Waals surface area (Å²) in [6.07, 6.45) is 1.67. The summed E-state index contributed by atoms with van der Waals surface area (Å²) in [5.74, 6) is 0.443. The van der Waals surface area contributed by atoms with Crippen LogP contribution in [-0.2, 0) is 0 Å². The van der Waals surface area contributed by atoms with Crippen molar-refractivity contribution in [2.75, 3.05) is 19.1 Å². The van der Waals surface area contributed by atoms with Crippen molar-refractivity contribution in [3.05, 3.63) is 41.4 Å². The third-order valence-electron chi connectivity index (χ3n) is 2.35. The zero-order chi connectivity index (χ0) is 12.3. The molecule has 0 aliphatic rings. The number of rotatable bonds is 3. The first kappa shape index (κ1) is 11.6. The molecule has 17 heavy (non-hydrogen) atoms. The quantitative estimate of drug-likeness (QED) is 0.837. The predicted molar refractivity (Wildman–Crippen MR) is 67.8 cm³/mol. The average Bonchev–Trinajstić information content (AvgIpc) is 2.90. The minimum absolute atomic E-state index is 0.127. The van der Waals surface area contributed by atoms with Crippen LogP contribution >= 0.6 is 11.3 Å². The number of thiazole rings is 1. The van der Waals surface area contributed by atoms with Gasteiger partial charge in [-0.15, -0.1) is 11.3 Å². The van der Waals surface area contributed by atoms with Crippen molar-refractivity contribution in [3.63, 3.8) is 0 Å². The summed E-state index contributed by atoms with van der Waals surface area (Å²) in [6.45, 7) is 0. The lowest BCUT2D eigenvalue weighted by Crippen LogP contribution is -2.26. The van der Waals surface area contributed by atoms with Crippen molar-refractivity contribution in [3.8, 4) is 5.75 Å². The van der Waals surface area contributed by atoms with Gasteiger partial charge < -0.3 is 4.74 Å². The van der Waals surface area contributed by atoms with Gasteiger partial charge in [0.1, 0.15) is 5.75 Å². The number of amides is 1. The fourth-order valence-electron chi connectivity index (χ4n) is 1.47. The van der Waals surface area contributed by atoms with Gasteiger partial charge in [0.15, 0.2) is 5.13 Å². The number of hydrogen-bond donors (Lipinski definition) is 0. The Morgan fingerprint density at radius 2 is 2.18 bits per heavy atom. The zero-order valence-corrected chi connectivity index (χ0v) is 10.4. The lowest BCUT2D eigenvalue weighted by molar-refractivity contribution is 0.0990. The van der Waals surface area contributed by atoms with Crippen LogP contribution in [-0.4, -0.2) is 25.0 Å². The molecule has 0 radical (unpaired) electrons. The molecule has 0 spiro atoms. The minimum atomic E-state index is -0.127. The zero-order valence-electron chi connectivity index (χ0n) is 9.58. The number of carbonyl (C=O) groups is 1. The van der Waals surface area contributed by atoms with Crippen LogP contribution in [0.25, 0.3) is 0 Å². The second-order valence-corrected chi connectivity index (χ2v) is 4.25. The predicted octanol–water partition coefficient (Wildman–Crippen LogP) is 2.43. The molecule has 0 unspecified atom stereocenters. The highest BCUT2D eigenvalue weighted by Crippen LogP contribution is 2.23. The molecule has 0 N–H and O–H groups in total. The van der Waals surface area contributed by atoms with E-state index in [0.29, 0.717) is 16.4 Å². The van der Waals surface area contributed by atoms with Crippen molar-refractivity contribution >= 4 is 22.4 Å². The lowest BCUT2D eigenvalue weighted by Gasteiger charge is -2.15. The first-order valence-corrected chi connectivity index (χ1v) is 5.92. The number of carbonyl (C=O) groups excluding carboxylic acids is 1. The van der Waals surface area contributed by atoms with Gasteiger partial charge >= 0.3 is 0 Å². The van der Waals surface area contributed by atoms with E-state index in [1.54, 1.807) is 32.5 Å². The molecule has 1 heterocycles. The Kier molecular flexibility index (Phi) is 3.39. The van der Waals surface area contributed by atoms with Gasteiger partial charge in [0.2, 0.25) is 0 Å². The van der Waals surface area contributed by atoms with Gasteiger partial charge in [0.25, 0.3) is 5.91 Å². The highest BCUT2D eigenvalue weighted by atomic mass is 32.1. The lowest BCUT2D eigenvalue weighted by atomic mass is 10.2. The van der Waals surface area contributed by atoms with E-state index in [1.165, 1.54) is 16.2 Å². The summed E-state index contributed by atoms with van der Waals surface area (Å²) in [5.41, 5.74) is 0.535. The minimum Gasteiger partial charge on any atom is -0.496 e. The van der Waals surface area contributed by atoms with E-state index in [0.717, 1.165) is 0 Å². The van der Waals surface area contributed by atoms with Gasteiger partial charge in [-0.1, -0.05) is 12.1 Å². The maximum Gasteiger partial charge on any atom is 0.263 e. The van der Waals surface area contributed by atoms with E-state index in [-0.39, 0.29) is 5.91 Å². The maximum atomic E-state index is 12.2. The SMILES string of the molecule is COc1ccccc1C(=O)N(C)c1nccs1. The number of benzene rings is 1. The molecule has 0 bridgehead atoms. The Morgan fingerprint density at radius 1 is 1.41 bits per heavy atom. The molecule has 88 valence electrons. The number of nitrogens with zero attached hydrogens (tertiary/aromatic N) is 2. The van der Waals surface area contributed by atoms with Crippen molar-refractivity contribution in [2.45, 2.75) is 0 Å². The van der Waals surface area contributed by atoms with E-state index in [9.17, 15) is 4.79 Å². The van der Waals surface area contributed by atoms with Gasteiger partial charge in [-0.05, 0) is 12.1 Å². The van der Waals surface area contributed by atoms with Gasteiger partial charge in [0.05, 0.1) is 12.7 Å². The van der Waals surface area contributed by atoms with Crippen LogP contribution in [0.5, 0.6) is 5.75 Å². The Balaban J connectivity index is 2.31. The van der Waals surface area contributed by atoms with Gasteiger partial charge in [-0.25, -0.2) is 4.98 Å². The van der Waals surface area contributed by atoms with E-state index in [1.807, 2.05) is 17.5 Å². The molecule has 0 saturated heterocycles. The Bertz CT molecular complexity index is 511. The van der Waals surface area contributed by atoms with Crippen LogP contribution < -0.4 is 9.64 Å². The van der Waals surface area contributed by atoms with E-state index in [4.69, 9.17) is 4.74 Å². The third kappa shape index (κ3) is 2.29. The molecule has 0 aliphatic heterocycles. The molecular formula is C12H12N2O2S. The topological polar surface area (TPSA) is 42.4 Å². The molecule has 1 aromatic heterocycles. The Morgan fingerprint density at radius 3 is 2.82 bits per heavy atom. The highest BCUT2D eigenvalue weighted by Gasteiger charge is 2.18. The summed E-state index contributed by atoms with van der Waals surface area (Å²) in [5, 5.41) is 2.50. The van der Waals surface area contributed by atoms with E-state index < -0.39 is 0 Å². The van der Waals surface area contributed by atoms with Crippen LogP contribution in [0.15, 0.2) is 35.8 Å². The fourth-order valence-corrected chi connectivity index (χ4v) is 2.08. The molecule has 2 aromatic rings. The largest absolute Gasteiger partial charge is 0.496 e. The number of hydrogen-bond acceptors (Lipinski definition) is 4. The van der Waals surface area contributed by atoms with Crippen LogP contribution in [0.1, 0.15) is 10.4 Å². The van der Waals surface area contributed by atoms with E-state index >= 15 is 0 Å². The Labute approximate surface area is 103 Å². The monoisotopic (exact) mass is 248 g/mol. The number of aromatic nitrogens is 1. The molecule has 0 saturated carbocycles. The van der Waals surface area contributed by atoms with Crippen molar-refractivity contribution in [2.24, 2.45) is 0 Å². The molecule has 0 aliphatic carbocycles. The van der Waals surface area contributed by atoms with Crippen LogP contribution in [0.4, 0.5) is 5.13 Å². The number of anilines is 1. The van der Waals surface area contributed by atoms with Crippen molar-refractivity contribution in [1.29, 1.82) is 0 Å². The maximum absolute atomic E-state index is 12.2. The summed E-state index contributed by atoms with van der Waals surface area (Å²) in [4.78, 5) is 17.9. The van der Waals surface area contributed by atoms with Gasteiger partial charge in [-0.2, -0.15) is 0 Å². The molecule has 5 heteroatoms. The fraction of sp³-hybridized carbons (Fsp3) is 0.167. The normalized spacial score (nSPS) is 10.0. The summed E-state index contributed by atoms with van der Waals surface area (Å²) in [7, 11) is 3.25. The standard InChI is InChI=1S/C12H12N2O2S/c1-14(12-13-7-8-17-12)11(15)9-5-3-4-6-10(9)16-2/h3-8H,1-2H3. The molecule has 1 aromatic carbocycles. The van der Waals surface area contributed by atoms with Crippen LogP contribution in [0.3, 0.4) is 0 Å². The number of para-hydroxylation sites is 1. The summed E-state index contributed by atoms with van der Waals surface area (Å²) < 4.78 is 5.17. The summed E-state index contributed by atoms with van der Waals surface area (Å²) in [6, 6.07) is 7.15. The second-order valence-electron chi connectivity index (χ2n) is 3.38. The third-order valence-corrected chi connectivity index (χ3v) is 3.20. The second kappa shape index (κ2) is 4.97. The average molecular weight is 248 g/mol. The first-order chi connectivity index (χ1) is 8.24. The highest BCUT2D eigenvalue weighted by molar-refractivity contribution is 7.13. The van der Waals surface area contributed by atoms with Crippen LogP contribution in [0, 0.1) is 0 Å². The van der Waals surface area contributed by atoms with Crippen LogP contribution in [0.2, 0.25) is 0 Å². The smallest absolute Gasteiger partial charge is 0.263 e. The first-order valence-electron chi connectivity index (χ1n) is 5.04. The van der Waals surface area contributed by atoms with Gasteiger partial charge in [-0.3, -0.25) is 9.69 Å². The molecular weight excluding hydrogens is 236 g/mol.